The van der Waals surface area contributed by atoms with Gasteiger partial charge in [0.25, 0.3) is 0 Å². The highest BCUT2D eigenvalue weighted by atomic mass is 15.2. The number of benzene rings is 3. The van der Waals surface area contributed by atoms with Crippen molar-refractivity contribution in [2.24, 2.45) is 10.7 Å². The molecule has 126 valence electrons. The summed E-state index contributed by atoms with van der Waals surface area (Å²) in [4.78, 5) is 6.75. The summed E-state index contributed by atoms with van der Waals surface area (Å²) < 4.78 is 0. The maximum atomic E-state index is 6.36. The minimum absolute atomic E-state index is 0.522. The van der Waals surface area contributed by atoms with Crippen molar-refractivity contribution in [3.05, 3.63) is 70.8 Å². The van der Waals surface area contributed by atoms with Crippen molar-refractivity contribution in [2.75, 3.05) is 11.9 Å². The minimum atomic E-state index is 0.522. The molecule has 0 bridgehead atoms. The van der Waals surface area contributed by atoms with Gasteiger partial charge in [-0.1, -0.05) is 36.4 Å². The second-order valence-electron chi connectivity index (χ2n) is 6.83. The number of nitrogens with two attached hydrogens (primary N) is 1. The quantitative estimate of drug-likeness (QED) is 0.550. The van der Waals surface area contributed by atoms with E-state index in [9.17, 15) is 0 Å². The van der Waals surface area contributed by atoms with Crippen LogP contribution in [0, 0.1) is 13.8 Å². The average molecular weight is 329 g/mol. The first-order chi connectivity index (χ1) is 12.1. The average Bonchev–Trinajstić information content (AvgIpc) is 3.05. The Bertz CT molecular complexity index is 1000. The van der Waals surface area contributed by atoms with Gasteiger partial charge < -0.3 is 10.6 Å². The summed E-state index contributed by atoms with van der Waals surface area (Å²) in [6.07, 6.45) is 2.13. The summed E-state index contributed by atoms with van der Waals surface area (Å²) in [5.74, 6) is 0.522. The highest BCUT2D eigenvalue weighted by molar-refractivity contribution is 5.99. The molecule has 0 aromatic heterocycles. The summed E-state index contributed by atoms with van der Waals surface area (Å²) in [6, 6.07) is 17.0. The van der Waals surface area contributed by atoms with Crippen LogP contribution in [-0.4, -0.2) is 13.0 Å². The zero-order valence-corrected chi connectivity index (χ0v) is 15.0. The van der Waals surface area contributed by atoms with E-state index in [-0.39, 0.29) is 0 Å². The summed E-state index contributed by atoms with van der Waals surface area (Å²) >= 11 is 0. The molecule has 3 aromatic rings. The van der Waals surface area contributed by atoms with E-state index in [4.69, 9.17) is 10.7 Å². The molecule has 3 nitrogen and oxygen atoms in total. The summed E-state index contributed by atoms with van der Waals surface area (Å²) in [5.41, 5.74) is 13.7. The molecule has 0 radical (unpaired) electrons. The van der Waals surface area contributed by atoms with Gasteiger partial charge >= 0.3 is 0 Å². The standard InChI is InChI=1S/C22H23N3/c1-14-6-4-9-20(15(14)2)25(3)22(23)24-19-13-11-17-8-5-7-16-10-12-18(19)21(16)17/h4-9,11,13H,10,12H2,1-3H3,(H2,23,24). The lowest BCUT2D eigenvalue weighted by Crippen LogP contribution is -2.34. The van der Waals surface area contributed by atoms with Gasteiger partial charge in [-0.25, -0.2) is 4.99 Å². The molecule has 0 heterocycles. The predicted octanol–water partition coefficient (Wildman–Crippen LogP) is 4.64. The van der Waals surface area contributed by atoms with Crippen molar-refractivity contribution in [1.29, 1.82) is 0 Å². The van der Waals surface area contributed by atoms with Gasteiger partial charge in [-0.2, -0.15) is 0 Å². The van der Waals surface area contributed by atoms with Crippen molar-refractivity contribution >= 4 is 28.1 Å². The Labute approximate surface area is 148 Å². The summed E-state index contributed by atoms with van der Waals surface area (Å²) in [7, 11) is 1.98. The van der Waals surface area contributed by atoms with Crippen molar-refractivity contribution in [1.82, 2.24) is 0 Å². The van der Waals surface area contributed by atoms with Gasteiger partial charge in [-0.15, -0.1) is 0 Å². The monoisotopic (exact) mass is 329 g/mol. The normalized spacial score (nSPS) is 13.5. The van der Waals surface area contributed by atoms with E-state index in [1.807, 2.05) is 11.9 Å². The lowest BCUT2D eigenvalue weighted by molar-refractivity contribution is 1.02. The molecule has 3 heteroatoms. The molecule has 0 aliphatic heterocycles. The number of guanidine groups is 1. The molecular weight excluding hydrogens is 306 g/mol. The van der Waals surface area contributed by atoms with E-state index in [0.717, 1.165) is 24.2 Å². The fraction of sp³-hybridized carbons (Fsp3) is 0.227. The van der Waals surface area contributed by atoms with Gasteiger partial charge in [0, 0.05) is 12.7 Å². The lowest BCUT2D eigenvalue weighted by Gasteiger charge is -2.21. The number of rotatable bonds is 2. The molecule has 4 rings (SSSR count). The van der Waals surface area contributed by atoms with E-state index in [1.165, 1.54) is 33.0 Å². The molecule has 2 N–H and O–H groups in total. The zero-order chi connectivity index (χ0) is 17.6. The highest BCUT2D eigenvalue weighted by Gasteiger charge is 2.18. The van der Waals surface area contributed by atoms with E-state index < -0.39 is 0 Å². The van der Waals surface area contributed by atoms with Crippen molar-refractivity contribution in [2.45, 2.75) is 26.7 Å². The Hall–Kier alpha value is -2.81. The van der Waals surface area contributed by atoms with Crippen molar-refractivity contribution in [3.8, 4) is 0 Å². The number of aryl methyl sites for hydroxylation is 3. The van der Waals surface area contributed by atoms with E-state index in [2.05, 4.69) is 62.4 Å². The topological polar surface area (TPSA) is 41.6 Å². The molecule has 0 atom stereocenters. The maximum absolute atomic E-state index is 6.36. The van der Waals surface area contributed by atoms with E-state index >= 15 is 0 Å². The van der Waals surface area contributed by atoms with Crippen LogP contribution >= 0.6 is 0 Å². The number of anilines is 1. The first kappa shape index (κ1) is 15.7. The van der Waals surface area contributed by atoms with Crippen molar-refractivity contribution < 1.29 is 0 Å². The summed E-state index contributed by atoms with van der Waals surface area (Å²) in [5, 5.41) is 2.66. The number of hydrogen-bond acceptors (Lipinski definition) is 1. The third-order valence-corrected chi connectivity index (χ3v) is 5.38. The minimum Gasteiger partial charge on any atom is -0.369 e. The van der Waals surface area contributed by atoms with Crippen molar-refractivity contribution in [3.63, 3.8) is 0 Å². The molecule has 0 fully saturated rings. The van der Waals surface area contributed by atoms with Gasteiger partial charge in [0.05, 0.1) is 5.69 Å². The van der Waals surface area contributed by atoms with Crippen LogP contribution in [0.3, 0.4) is 0 Å². The lowest BCUT2D eigenvalue weighted by atomic mass is 10.0. The SMILES string of the molecule is Cc1cccc(N(C)C(N)=Nc2ccc3cccc4c3c2CC4)c1C. The fourth-order valence-corrected chi connectivity index (χ4v) is 3.77. The van der Waals surface area contributed by atoms with Gasteiger partial charge in [-0.05, 0) is 71.8 Å². The molecular formula is C22H23N3. The number of nitrogens with zero attached hydrogens (tertiary/aromatic N) is 2. The Morgan fingerprint density at radius 3 is 2.64 bits per heavy atom. The van der Waals surface area contributed by atoms with Gasteiger partial charge in [-0.3, -0.25) is 0 Å². The Balaban J connectivity index is 1.77. The number of aliphatic imine (C=N–C) groups is 1. The second-order valence-corrected chi connectivity index (χ2v) is 6.83. The van der Waals surface area contributed by atoms with Crippen LogP contribution in [0.25, 0.3) is 10.8 Å². The van der Waals surface area contributed by atoms with Crippen LogP contribution in [0.1, 0.15) is 22.3 Å². The Kier molecular flexibility index (Phi) is 3.72. The van der Waals surface area contributed by atoms with Crippen LogP contribution in [0.15, 0.2) is 53.5 Å². The molecule has 0 amide bonds. The smallest absolute Gasteiger partial charge is 0.200 e. The zero-order valence-electron chi connectivity index (χ0n) is 15.0. The third kappa shape index (κ3) is 2.56. The van der Waals surface area contributed by atoms with Gasteiger partial charge in [0.1, 0.15) is 0 Å². The largest absolute Gasteiger partial charge is 0.369 e. The Morgan fingerprint density at radius 2 is 1.80 bits per heavy atom. The molecule has 3 aromatic carbocycles. The van der Waals surface area contributed by atoms with Crippen LogP contribution < -0.4 is 10.6 Å². The van der Waals surface area contributed by atoms with E-state index in [1.54, 1.807) is 0 Å². The first-order valence-electron chi connectivity index (χ1n) is 8.74. The first-order valence-corrected chi connectivity index (χ1v) is 8.74. The van der Waals surface area contributed by atoms with Crippen LogP contribution in [0.4, 0.5) is 11.4 Å². The fourth-order valence-electron chi connectivity index (χ4n) is 3.77. The van der Waals surface area contributed by atoms with Crippen LogP contribution in [0.2, 0.25) is 0 Å². The molecule has 0 unspecified atom stereocenters. The molecule has 0 spiro atoms. The summed E-state index contributed by atoms with van der Waals surface area (Å²) in [6.45, 7) is 4.24. The molecule has 1 aliphatic rings. The van der Waals surface area contributed by atoms with Crippen LogP contribution in [0.5, 0.6) is 0 Å². The molecule has 0 saturated carbocycles. The molecule has 0 saturated heterocycles. The molecule has 1 aliphatic carbocycles. The van der Waals surface area contributed by atoms with E-state index in [0.29, 0.717) is 5.96 Å². The third-order valence-electron chi connectivity index (χ3n) is 5.38. The van der Waals surface area contributed by atoms with Crippen LogP contribution in [-0.2, 0) is 12.8 Å². The highest BCUT2D eigenvalue weighted by Crippen LogP contribution is 2.37. The van der Waals surface area contributed by atoms with Gasteiger partial charge in [0.2, 0.25) is 5.96 Å². The number of hydrogen-bond donors (Lipinski definition) is 1. The second kappa shape index (κ2) is 5.92. The van der Waals surface area contributed by atoms with Gasteiger partial charge in [0.15, 0.2) is 0 Å². The predicted molar refractivity (Wildman–Crippen MR) is 107 cm³/mol. The maximum Gasteiger partial charge on any atom is 0.200 e. The Morgan fingerprint density at radius 1 is 1.00 bits per heavy atom. The molecule has 25 heavy (non-hydrogen) atoms.